The SMILES string of the molecule is [B]C(CC)c1cccc(CCCC)c1C. The summed E-state index contributed by atoms with van der Waals surface area (Å²) in [7, 11) is 6.09. The average molecular weight is 200 g/mol. The predicted molar refractivity (Wildman–Crippen MR) is 68.6 cm³/mol. The zero-order valence-electron chi connectivity index (χ0n) is 10.2. The highest BCUT2D eigenvalue weighted by atomic mass is 14.1. The van der Waals surface area contributed by atoms with Crippen molar-refractivity contribution in [3.05, 3.63) is 34.9 Å². The van der Waals surface area contributed by atoms with E-state index >= 15 is 0 Å². The highest BCUT2D eigenvalue weighted by molar-refractivity contribution is 6.12. The highest BCUT2D eigenvalue weighted by Gasteiger charge is 2.08. The van der Waals surface area contributed by atoms with Crippen molar-refractivity contribution >= 4 is 7.85 Å². The van der Waals surface area contributed by atoms with E-state index in [1.54, 1.807) is 0 Å². The largest absolute Gasteiger partial charge is 0.0763 e. The van der Waals surface area contributed by atoms with Crippen LogP contribution < -0.4 is 0 Å². The van der Waals surface area contributed by atoms with Gasteiger partial charge in [0.15, 0.2) is 0 Å². The normalized spacial score (nSPS) is 12.7. The van der Waals surface area contributed by atoms with Gasteiger partial charge in [-0.2, -0.15) is 0 Å². The molecule has 0 nitrogen and oxygen atoms in total. The van der Waals surface area contributed by atoms with Crippen LogP contribution in [-0.2, 0) is 6.42 Å². The van der Waals surface area contributed by atoms with E-state index in [9.17, 15) is 0 Å². The Morgan fingerprint density at radius 3 is 2.60 bits per heavy atom. The molecule has 0 amide bonds. The van der Waals surface area contributed by atoms with Gasteiger partial charge in [-0.05, 0) is 30.9 Å². The molecule has 1 rings (SSSR count). The lowest BCUT2D eigenvalue weighted by Gasteiger charge is -2.16. The summed E-state index contributed by atoms with van der Waals surface area (Å²) in [5, 5.41) is 0. The molecule has 1 heteroatoms. The highest BCUT2D eigenvalue weighted by Crippen LogP contribution is 2.23. The van der Waals surface area contributed by atoms with Crippen LogP contribution in [0.4, 0.5) is 0 Å². The third-order valence-electron chi connectivity index (χ3n) is 3.13. The van der Waals surface area contributed by atoms with E-state index in [0.717, 1.165) is 6.42 Å². The number of aryl methyl sites for hydroxylation is 1. The molecular weight excluding hydrogens is 179 g/mol. The maximum absolute atomic E-state index is 6.09. The number of benzene rings is 1. The van der Waals surface area contributed by atoms with E-state index in [1.165, 1.54) is 36.0 Å². The Morgan fingerprint density at radius 1 is 1.27 bits per heavy atom. The number of rotatable bonds is 5. The Morgan fingerprint density at radius 2 is 2.00 bits per heavy atom. The third kappa shape index (κ3) is 3.12. The standard InChI is InChI=1S/C14H21B/c1-4-6-8-12-9-7-10-13(11(12)3)14(15)5-2/h7,9-10,14H,4-6,8H2,1-3H3. The van der Waals surface area contributed by atoms with Crippen LogP contribution in [-0.4, -0.2) is 7.85 Å². The quantitative estimate of drug-likeness (QED) is 0.631. The van der Waals surface area contributed by atoms with Crippen molar-refractivity contribution in [2.75, 3.05) is 0 Å². The maximum atomic E-state index is 6.09. The molecule has 1 aromatic rings. The molecule has 1 aromatic carbocycles. The summed E-state index contributed by atoms with van der Waals surface area (Å²) in [4.78, 5) is 0. The third-order valence-corrected chi connectivity index (χ3v) is 3.13. The second-order valence-electron chi connectivity index (χ2n) is 4.25. The number of unbranched alkanes of at least 4 members (excludes halogenated alkanes) is 1. The second-order valence-corrected chi connectivity index (χ2v) is 4.25. The number of hydrogen-bond donors (Lipinski definition) is 0. The predicted octanol–water partition coefficient (Wildman–Crippen LogP) is 3.96. The van der Waals surface area contributed by atoms with Crippen LogP contribution in [0.2, 0.25) is 0 Å². The topological polar surface area (TPSA) is 0 Å². The molecule has 15 heavy (non-hydrogen) atoms. The molecule has 2 radical (unpaired) electrons. The summed E-state index contributed by atoms with van der Waals surface area (Å²) in [6.07, 6.45) is 4.72. The fraction of sp³-hybridized carbons (Fsp3) is 0.571. The average Bonchev–Trinajstić information content (AvgIpc) is 2.27. The Hall–Kier alpha value is -0.715. The monoisotopic (exact) mass is 200 g/mol. The minimum atomic E-state index is 0.201. The summed E-state index contributed by atoms with van der Waals surface area (Å²) in [5.74, 6) is 0.201. The van der Waals surface area contributed by atoms with Crippen LogP contribution in [0.5, 0.6) is 0 Å². The van der Waals surface area contributed by atoms with E-state index in [4.69, 9.17) is 7.85 Å². The van der Waals surface area contributed by atoms with Gasteiger partial charge in [-0.1, -0.05) is 56.3 Å². The van der Waals surface area contributed by atoms with E-state index in [2.05, 4.69) is 39.0 Å². The Bertz CT molecular complexity index is 304. The molecule has 0 saturated heterocycles. The molecule has 1 atom stereocenters. The van der Waals surface area contributed by atoms with Crippen LogP contribution in [0.25, 0.3) is 0 Å². The molecule has 0 N–H and O–H groups in total. The lowest BCUT2D eigenvalue weighted by atomic mass is 9.76. The van der Waals surface area contributed by atoms with Crippen molar-refractivity contribution < 1.29 is 0 Å². The molecule has 80 valence electrons. The van der Waals surface area contributed by atoms with E-state index < -0.39 is 0 Å². The van der Waals surface area contributed by atoms with Crippen molar-refractivity contribution in [1.82, 2.24) is 0 Å². The molecule has 0 aliphatic rings. The van der Waals surface area contributed by atoms with Gasteiger partial charge >= 0.3 is 0 Å². The second kappa shape index (κ2) is 6.00. The van der Waals surface area contributed by atoms with Crippen LogP contribution in [0, 0.1) is 6.92 Å². The summed E-state index contributed by atoms with van der Waals surface area (Å²) >= 11 is 0. The molecule has 0 fully saturated rings. The van der Waals surface area contributed by atoms with E-state index in [0.29, 0.717) is 0 Å². The van der Waals surface area contributed by atoms with Gasteiger partial charge in [0.1, 0.15) is 0 Å². The van der Waals surface area contributed by atoms with Gasteiger partial charge in [-0.25, -0.2) is 0 Å². The Kier molecular flexibility index (Phi) is 4.94. The van der Waals surface area contributed by atoms with Crippen molar-refractivity contribution in [2.24, 2.45) is 0 Å². The molecular formula is C14H21B. The lowest BCUT2D eigenvalue weighted by Crippen LogP contribution is -2.02. The fourth-order valence-electron chi connectivity index (χ4n) is 1.96. The molecule has 0 saturated carbocycles. The first kappa shape index (κ1) is 12.4. The molecule has 0 bridgehead atoms. The molecule has 0 spiro atoms. The Labute approximate surface area is 95.5 Å². The van der Waals surface area contributed by atoms with Gasteiger partial charge in [0.25, 0.3) is 0 Å². The maximum Gasteiger partial charge on any atom is 0.0763 e. The first-order valence-corrected chi connectivity index (χ1v) is 6.04. The van der Waals surface area contributed by atoms with Gasteiger partial charge in [-0.15, -0.1) is 0 Å². The van der Waals surface area contributed by atoms with E-state index in [-0.39, 0.29) is 5.82 Å². The first-order chi connectivity index (χ1) is 7.20. The fourth-order valence-corrected chi connectivity index (χ4v) is 1.96. The van der Waals surface area contributed by atoms with Crippen molar-refractivity contribution in [3.8, 4) is 0 Å². The molecule has 0 aliphatic carbocycles. The molecule has 0 aliphatic heterocycles. The smallest absolute Gasteiger partial charge is 0.0655 e. The summed E-state index contributed by atoms with van der Waals surface area (Å²) in [6.45, 7) is 6.58. The summed E-state index contributed by atoms with van der Waals surface area (Å²) in [5.41, 5.74) is 4.20. The molecule has 0 heterocycles. The van der Waals surface area contributed by atoms with Crippen molar-refractivity contribution in [1.29, 1.82) is 0 Å². The lowest BCUT2D eigenvalue weighted by molar-refractivity contribution is 0.785. The van der Waals surface area contributed by atoms with Crippen LogP contribution >= 0.6 is 0 Å². The Balaban J connectivity index is 2.90. The van der Waals surface area contributed by atoms with Gasteiger partial charge in [0, 0.05) is 0 Å². The molecule has 0 aromatic heterocycles. The van der Waals surface area contributed by atoms with Gasteiger partial charge in [-0.3, -0.25) is 0 Å². The van der Waals surface area contributed by atoms with Crippen molar-refractivity contribution in [2.45, 2.75) is 52.3 Å². The van der Waals surface area contributed by atoms with Gasteiger partial charge in [0.05, 0.1) is 7.85 Å². The molecule has 1 unspecified atom stereocenters. The van der Waals surface area contributed by atoms with Gasteiger partial charge < -0.3 is 0 Å². The van der Waals surface area contributed by atoms with Gasteiger partial charge in [0.2, 0.25) is 0 Å². The minimum Gasteiger partial charge on any atom is -0.0655 e. The summed E-state index contributed by atoms with van der Waals surface area (Å²) in [6, 6.07) is 6.54. The minimum absolute atomic E-state index is 0.201. The first-order valence-electron chi connectivity index (χ1n) is 6.04. The zero-order valence-corrected chi connectivity index (χ0v) is 10.2. The van der Waals surface area contributed by atoms with Crippen LogP contribution in [0.3, 0.4) is 0 Å². The van der Waals surface area contributed by atoms with Crippen LogP contribution in [0.15, 0.2) is 18.2 Å². The zero-order chi connectivity index (χ0) is 11.3. The summed E-state index contributed by atoms with van der Waals surface area (Å²) < 4.78 is 0. The number of hydrogen-bond acceptors (Lipinski definition) is 0. The van der Waals surface area contributed by atoms with Crippen molar-refractivity contribution in [3.63, 3.8) is 0 Å². The van der Waals surface area contributed by atoms with Crippen LogP contribution in [0.1, 0.15) is 55.6 Å². The van der Waals surface area contributed by atoms with E-state index in [1.807, 2.05) is 0 Å².